The average Bonchev–Trinajstić information content (AvgIpc) is 3.15. The molecule has 1 saturated carbocycles. The maximum absolute atomic E-state index is 12.5. The van der Waals surface area contributed by atoms with Crippen LogP contribution in [0.4, 0.5) is 5.69 Å². The van der Waals surface area contributed by atoms with Crippen molar-refractivity contribution in [2.24, 2.45) is 0 Å². The molecule has 1 aliphatic rings. The van der Waals surface area contributed by atoms with Gasteiger partial charge in [-0.25, -0.2) is 9.67 Å². The first-order chi connectivity index (χ1) is 12.2. The Balaban J connectivity index is 1.53. The minimum atomic E-state index is -0.377. The van der Waals surface area contributed by atoms with E-state index in [9.17, 15) is 4.79 Å². The van der Waals surface area contributed by atoms with Crippen LogP contribution in [0, 0.1) is 0 Å². The standard InChI is InChI=1S/C19H26N4O2/c1-2-18(25-17-6-4-3-5-7-17)19(24)22-16-10-8-15(9-11-16)12-23-14-20-13-21-23/h8-11,13-14,17-18H,2-7,12H2,1H3,(H,22,24)/t18-/m1/s1. The lowest BCUT2D eigenvalue weighted by molar-refractivity contribution is -0.132. The highest BCUT2D eigenvalue weighted by atomic mass is 16.5. The molecule has 3 rings (SSSR count). The van der Waals surface area contributed by atoms with Crippen LogP contribution in [-0.2, 0) is 16.1 Å². The fourth-order valence-electron chi connectivity index (χ4n) is 3.19. The van der Waals surface area contributed by atoms with E-state index in [1.807, 2.05) is 31.2 Å². The molecule has 2 aromatic rings. The van der Waals surface area contributed by atoms with Gasteiger partial charge >= 0.3 is 0 Å². The second-order valence-electron chi connectivity index (χ2n) is 6.57. The SMILES string of the molecule is CC[C@@H](OC1CCCCC1)C(=O)Nc1ccc(Cn2cncn2)cc1. The molecule has 1 fully saturated rings. The van der Waals surface area contributed by atoms with Crippen molar-refractivity contribution in [1.82, 2.24) is 14.8 Å². The molecule has 1 aliphatic carbocycles. The molecule has 0 spiro atoms. The van der Waals surface area contributed by atoms with Gasteiger partial charge in [0.05, 0.1) is 12.6 Å². The summed E-state index contributed by atoms with van der Waals surface area (Å²) in [7, 11) is 0. The number of carbonyl (C=O) groups excluding carboxylic acids is 1. The largest absolute Gasteiger partial charge is 0.365 e. The molecule has 1 atom stereocenters. The average molecular weight is 342 g/mol. The summed E-state index contributed by atoms with van der Waals surface area (Å²) in [5.74, 6) is -0.0582. The van der Waals surface area contributed by atoms with E-state index < -0.39 is 0 Å². The summed E-state index contributed by atoms with van der Waals surface area (Å²) in [5.41, 5.74) is 1.90. The van der Waals surface area contributed by atoms with E-state index in [1.54, 1.807) is 11.0 Å². The Kier molecular flexibility index (Phi) is 6.17. The summed E-state index contributed by atoms with van der Waals surface area (Å²) in [6.45, 7) is 2.66. The minimum Gasteiger partial charge on any atom is -0.365 e. The number of nitrogens with one attached hydrogen (secondary N) is 1. The van der Waals surface area contributed by atoms with Crippen LogP contribution in [0.1, 0.15) is 51.0 Å². The number of hydrogen-bond donors (Lipinski definition) is 1. The number of hydrogen-bond acceptors (Lipinski definition) is 4. The van der Waals surface area contributed by atoms with E-state index in [2.05, 4.69) is 15.4 Å². The van der Waals surface area contributed by atoms with Crippen molar-refractivity contribution in [3.8, 4) is 0 Å². The first-order valence-corrected chi connectivity index (χ1v) is 9.12. The van der Waals surface area contributed by atoms with Crippen LogP contribution in [-0.4, -0.2) is 32.9 Å². The monoisotopic (exact) mass is 342 g/mol. The number of carbonyl (C=O) groups is 1. The minimum absolute atomic E-state index is 0.0582. The molecule has 1 amide bonds. The fourth-order valence-corrected chi connectivity index (χ4v) is 3.19. The van der Waals surface area contributed by atoms with Crippen LogP contribution in [0.25, 0.3) is 0 Å². The van der Waals surface area contributed by atoms with E-state index in [0.717, 1.165) is 24.1 Å². The summed E-state index contributed by atoms with van der Waals surface area (Å²) in [4.78, 5) is 16.4. The molecular formula is C19H26N4O2. The molecule has 1 N–H and O–H groups in total. The highest BCUT2D eigenvalue weighted by molar-refractivity contribution is 5.94. The number of benzene rings is 1. The molecule has 0 unspecified atom stereocenters. The third-order valence-electron chi connectivity index (χ3n) is 4.60. The quantitative estimate of drug-likeness (QED) is 0.837. The highest BCUT2D eigenvalue weighted by Gasteiger charge is 2.23. The van der Waals surface area contributed by atoms with Crippen molar-refractivity contribution in [2.45, 2.75) is 64.2 Å². The number of nitrogens with zero attached hydrogens (tertiary/aromatic N) is 3. The molecule has 6 nitrogen and oxygen atoms in total. The first-order valence-electron chi connectivity index (χ1n) is 9.12. The summed E-state index contributed by atoms with van der Waals surface area (Å²) < 4.78 is 7.80. The first kappa shape index (κ1) is 17.6. The Morgan fingerprint density at radius 2 is 2.04 bits per heavy atom. The Morgan fingerprint density at radius 1 is 1.28 bits per heavy atom. The Labute approximate surface area is 148 Å². The van der Waals surface area contributed by atoms with Crippen molar-refractivity contribution in [3.63, 3.8) is 0 Å². The predicted molar refractivity (Wildman–Crippen MR) is 96.2 cm³/mol. The number of amides is 1. The molecule has 134 valence electrons. The smallest absolute Gasteiger partial charge is 0.253 e. The van der Waals surface area contributed by atoms with Crippen LogP contribution in [0.3, 0.4) is 0 Å². The zero-order chi connectivity index (χ0) is 17.5. The van der Waals surface area contributed by atoms with Gasteiger partial charge in [-0.1, -0.05) is 38.3 Å². The zero-order valence-electron chi connectivity index (χ0n) is 14.7. The van der Waals surface area contributed by atoms with Crippen LogP contribution in [0.15, 0.2) is 36.9 Å². The van der Waals surface area contributed by atoms with E-state index in [0.29, 0.717) is 13.0 Å². The van der Waals surface area contributed by atoms with Gasteiger partial charge in [0, 0.05) is 5.69 Å². The van der Waals surface area contributed by atoms with Crippen molar-refractivity contribution in [1.29, 1.82) is 0 Å². The number of ether oxygens (including phenoxy) is 1. The van der Waals surface area contributed by atoms with Gasteiger partial charge in [-0.2, -0.15) is 5.10 Å². The zero-order valence-corrected chi connectivity index (χ0v) is 14.7. The van der Waals surface area contributed by atoms with E-state index in [1.165, 1.54) is 25.6 Å². The lowest BCUT2D eigenvalue weighted by Crippen LogP contribution is -2.34. The maximum atomic E-state index is 12.5. The highest BCUT2D eigenvalue weighted by Crippen LogP contribution is 2.22. The van der Waals surface area contributed by atoms with Crippen LogP contribution < -0.4 is 5.32 Å². The number of anilines is 1. The van der Waals surface area contributed by atoms with E-state index >= 15 is 0 Å². The Hall–Kier alpha value is -2.21. The van der Waals surface area contributed by atoms with Crippen molar-refractivity contribution < 1.29 is 9.53 Å². The van der Waals surface area contributed by atoms with Crippen LogP contribution in [0.2, 0.25) is 0 Å². The molecule has 6 heteroatoms. The van der Waals surface area contributed by atoms with Gasteiger partial charge in [0.15, 0.2) is 0 Å². The Bertz CT molecular complexity index is 649. The van der Waals surface area contributed by atoms with Crippen molar-refractivity contribution in [2.75, 3.05) is 5.32 Å². The maximum Gasteiger partial charge on any atom is 0.253 e. The van der Waals surface area contributed by atoms with Gasteiger partial charge in [0.1, 0.15) is 18.8 Å². The molecule has 0 aliphatic heterocycles. The molecule has 0 saturated heterocycles. The lowest BCUT2D eigenvalue weighted by atomic mass is 9.97. The van der Waals surface area contributed by atoms with Crippen LogP contribution >= 0.6 is 0 Å². The second-order valence-corrected chi connectivity index (χ2v) is 6.57. The predicted octanol–water partition coefficient (Wildman–Crippen LogP) is 3.39. The second kappa shape index (κ2) is 8.76. The molecule has 25 heavy (non-hydrogen) atoms. The summed E-state index contributed by atoms with van der Waals surface area (Å²) in [6, 6.07) is 7.80. The summed E-state index contributed by atoms with van der Waals surface area (Å²) in [6.07, 6.45) is 9.58. The summed E-state index contributed by atoms with van der Waals surface area (Å²) >= 11 is 0. The van der Waals surface area contributed by atoms with Gasteiger partial charge in [0.2, 0.25) is 0 Å². The third-order valence-corrected chi connectivity index (χ3v) is 4.60. The van der Waals surface area contributed by atoms with Gasteiger partial charge in [-0.05, 0) is 37.0 Å². The number of rotatable bonds is 7. The lowest BCUT2D eigenvalue weighted by Gasteiger charge is -2.26. The van der Waals surface area contributed by atoms with Gasteiger partial charge < -0.3 is 10.1 Å². The van der Waals surface area contributed by atoms with Crippen molar-refractivity contribution in [3.05, 3.63) is 42.5 Å². The topological polar surface area (TPSA) is 69.0 Å². The molecule has 0 bridgehead atoms. The Morgan fingerprint density at radius 3 is 2.68 bits per heavy atom. The number of aromatic nitrogens is 3. The van der Waals surface area contributed by atoms with Gasteiger partial charge in [0.25, 0.3) is 5.91 Å². The van der Waals surface area contributed by atoms with E-state index in [-0.39, 0.29) is 18.1 Å². The van der Waals surface area contributed by atoms with Crippen molar-refractivity contribution >= 4 is 11.6 Å². The third kappa shape index (κ3) is 5.13. The molecule has 1 aromatic heterocycles. The normalized spacial score (nSPS) is 16.5. The molecule has 1 heterocycles. The van der Waals surface area contributed by atoms with Gasteiger partial charge in [-0.3, -0.25) is 4.79 Å². The molecule has 0 radical (unpaired) electrons. The molecular weight excluding hydrogens is 316 g/mol. The fraction of sp³-hybridized carbons (Fsp3) is 0.526. The van der Waals surface area contributed by atoms with Gasteiger partial charge in [-0.15, -0.1) is 0 Å². The summed E-state index contributed by atoms with van der Waals surface area (Å²) in [5, 5.41) is 7.06. The van der Waals surface area contributed by atoms with Crippen LogP contribution in [0.5, 0.6) is 0 Å². The van der Waals surface area contributed by atoms with E-state index in [4.69, 9.17) is 4.74 Å². The molecule has 1 aromatic carbocycles.